The van der Waals surface area contributed by atoms with Crippen molar-refractivity contribution in [2.45, 2.75) is 26.8 Å². The van der Waals surface area contributed by atoms with E-state index in [2.05, 4.69) is 44.8 Å². The van der Waals surface area contributed by atoms with Gasteiger partial charge in [0.25, 0.3) is 0 Å². The monoisotopic (exact) mass is 555 g/mol. The first kappa shape index (κ1) is 25.5. The van der Waals surface area contributed by atoms with Crippen LogP contribution in [0.2, 0.25) is 0 Å². The van der Waals surface area contributed by atoms with Crippen molar-refractivity contribution in [1.82, 2.24) is 29.5 Å². The highest BCUT2D eigenvalue weighted by atomic mass is 16.7. The number of aryl methyl sites for hydroxylation is 4. The Morgan fingerprint density at radius 1 is 0.833 bits per heavy atom. The van der Waals surface area contributed by atoms with E-state index in [4.69, 9.17) is 14.6 Å². The van der Waals surface area contributed by atoms with Crippen LogP contribution in [0.3, 0.4) is 0 Å². The molecule has 0 atom stereocenters. The van der Waals surface area contributed by atoms with Gasteiger partial charge in [-0.25, -0.2) is 14.6 Å². The lowest BCUT2D eigenvalue weighted by atomic mass is 10.0. The number of nitrogens with one attached hydrogen (secondary N) is 1. The van der Waals surface area contributed by atoms with Gasteiger partial charge < -0.3 is 14.8 Å². The molecule has 1 N–H and O–H groups in total. The molecule has 0 spiro atoms. The minimum absolute atomic E-state index is 0.276. The van der Waals surface area contributed by atoms with Crippen molar-refractivity contribution in [3.63, 3.8) is 0 Å². The third kappa shape index (κ3) is 5.19. The van der Waals surface area contributed by atoms with Crippen molar-refractivity contribution in [3.05, 3.63) is 115 Å². The lowest BCUT2D eigenvalue weighted by Crippen LogP contribution is -2.02. The van der Waals surface area contributed by atoms with Crippen LogP contribution in [0.1, 0.15) is 17.2 Å². The molecule has 0 bridgehead atoms. The van der Waals surface area contributed by atoms with Crippen molar-refractivity contribution < 1.29 is 9.47 Å². The summed E-state index contributed by atoms with van der Waals surface area (Å²) in [4.78, 5) is 8.97. The molecule has 0 radical (unpaired) electrons. The van der Waals surface area contributed by atoms with E-state index in [1.54, 1.807) is 0 Å². The van der Waals surface area contributed by atoms with E-state index in [-0.39, 0.29) is 6.79 Å². The van der Waals surface area contributed by atoms with Gasteiger partial charge in [0, 0.05) is 35.8 Å². The summed E-state index contributed by atoms with van der Waals surface area (Å²) in [6.45, 7) is 4.85. The van der Waals surface area contributed by atoms with Crippen LogP contribution >= 0.6 is 0 Å². The highest BCUT2D eigenvalue weighted by molar-refractivity contribution is 5.81. The molecule has 6 aromatic rings. The molecular formula is C33H29N7O2. The molecule has 0 saturated carbocycles. The normalized spacial score (nSPS) is 12.0. The molecule has 42 heavy (non-hydrogen) atoms. The lowest BCUT2D eigenvalue weighted by Gasteiger charge is -2.09. The van der Waals surface area contributed by atoms with E-state index in [0.717, 1.165) is 75.7 Å². The van der Waals surface area contributed by atoms with Crippen molar-refractivity contribution in [2.75, 3.05) is 12.1 Å². The van der Waals surface area contributed by atoms with E-state index in [0.29, 0.717) is 0 Å². The summed E-state index contributed by atoms with van der Waals surface area (Å²) < 4.78 is 14.9. The number of hydrogen-bond donors (Lipinski definition) is 1. The predicted molar refractivity (Wildman–Crippen MR) is 161 cm³/mol. The first-order valence-corrected chi connectivity index (χ1v) is 13.8. The first-order chi connectivity index (χ1) is 20.6. The Balaban J connectivity index is 1.14. The zero-order valence-electron chi connectivity index (χ0n) is 23.4. The Labute approximate surface area is 243 Å². The van der Waals surface area contributed by atoms with Crippen LogP contribution in [0.25, 0.3) is 28.1 Å². The summed E-state index contributed by atoms with van der Waals surface area (Å²) in [5.41, 5.74) is 7.13. The molecular weight excluding hydrogens is 526 g/mol. The Kier molecular flexibility index (Phi) is 6.59. The lowest BCUT2D eigenvalue weighted by molar-refractivity contribution is 0.174. The Bertz CT molecular complexity index is 1860. The third-order valence-corrected chi connectivity index (χ3v) is 7.21. The van der Waals surface area contributed by atoms with E-state index in [9.17, 15) is 0 Å². The van der Waals surface area contributed by atoms with E-state index >= 15 is 0 Å². The number of hydrogen-bond acceptors (Lipinski definition) is 7. The minimum Gasteiger partial charge on any atom is -0.454 e. The number of anilines is 2. The fraction of sp³-hybridized carbons (Fsp3) is 0.152. The van der Waals surface area contributed by atoms with Crippen LogP contribution in [0.5, 0.6) is 11.5 Å². The topological polar surface area (TPSA) is 91.9 Å². The van der Waals surface area contributed by atoms with Crippen LogP contribution in [0, 0.1) is 13.8 Å². The number of benzene rings is 3. The van der Waals surface area contributed by atoms with E-state index in [1.165, 1.54) is 5.56 Å². The molecule has 3 aromatic carbocycles. The number of fused-ring (bicyclic) bond motifs is 1. The zero-order chi connectivity index (χ0) is 28.5. The summed E-state index contributed by atoms with van der Waals surface area (Å²) in [6, 6.07) is 28.6. The molecule has 0 saturated heterocycles. The molecule has 9 heteroatoms. The maximum atomic E-state index is 5.55. The van der Waals surface area contributed by atoms with Crippen LogP contribution < -0.4 is 14.8 Å². The van der Waals surface area contributed by atoms with Crippen molar-refractivity contribution in [3.8, 4) is 39.6 Å². The number of pyridine rings is 1. The maximum Gasteiger partial charge on any atom is 0.231 e. The number of aromatic nitrogens is 6. The standard InChI is InChI=1S/C33H29N7O2/c1-22-35-23(2)40(37-22)28-11-9-27(10-12-28)36-32-19-26(14-16-34-32)33-29(25-6-4-3-5-7-25)20-39(38-33)17-15-24-8-13-30-31(18-24)42-21-41-30/h3-14,16,18-20H,15,17,21H2,1-2H3,(H,34,36). The molecule has 1 aliphatic heterocycles. The van der Waals surface area contributed by atoms with Gasteiger partial charge in [-0.2, -0.15) is 10.2 Å². The van der Waals surface area contributed by atoms with Gasteiger partial charge in [-0.15, -0.1) is 0 Å². The third-order valence-electron chi connectivity index (χ3n) is 7.21. The van der Waals surface area contributed by atoms with E-state index < -0.39 is 0 Å². The second-order valence-electron chi connectivity index (χ2n) is 10.2. The Morgan fingerprint density at radius 2 is 1.67 bits per heavy atom. The molecule has 0 amide bonds. The molecule has 3 aromatic heterocycles. The summed E-state index contributed by atoms with van der Waals surface area (Å²) in [5.74, 6) is 3.94. The molecule has 7 rings (SSSR count). The Morgan fingerprint density at radius 3 is 2.48 bits per heavy atom. The smallest absolute Gasteiger partial charge is 0.231 e. The van der Waals surface area contributed by atoms with Gasteiger partial charge in [-0.3, -0.25) is 4.68 Å². The summed E-state index contributed by atoms with van der Waals surface area (Å²) in [6.07, 6.45) is 4.75. The maximum absolute atomic E-state index is 5.55. The van der Waals surface area contributed by atoms with Crippen molar-refractivity contribution in [1.29, 1.82) is 0 Å². The number of ether oxygens (including phenoxy) is 2. The second kappa shape index (κ2) is 10.9. The van der Waals surface area contributed by atoms with Crippen LogP contribution in [-0.4, -0.2) is 36.3 Å². The van der Waals surface area contributed by atoms with Crippen molar-refractivity contribution in [2.24, 2.45) is 0 Å². The molecule has 208 valence electrons. The molecule has 9 nitrogen and oxygen atoms in total. The van der Waals surface area contributed by atoms with Gasteiger partial charge >= 0.3 is 0 Å². The van der Waals surface area contributed by atoms with E-state index in [1.807, 2.05) is 96.1 Å². The van der Waals surface area contributed by atoms with Crippen LogP contribution in [-0.2, 0) is 13.0 Å². The summed E-state index contributed by atoms with van der Waals surface area (Å²) >= 11 is 0. The SMILES string of the molecule is Cc1nc(C)n(-c2ccc(Nc3cc(-c4nn(CCc5ccc6c(c5)OCO6)cc4-c4ccccc4)ccn3)cc2)n1. The number of rotatable bonds is 8. The quantitative estimate of drug-likeness (QED) is 0.228. The molecule has 4 heterocycles. The summed E-state index contributed by atoms with van der Waals surface area (Å²) in [5, 5.41) is 12.9. The average Bonchev–Trinajstić information content (AvgIpc) is 3.75. The largest absolute Gasteiger partial charge is 0.454 e. The minimum atomic E-state index is 0.276. The zero-order valence-corrected chi connectivity index (χ0v) is 23.4. The first-order valence-electron chi connectivity index (χ1n) is 13.8. The van der Waals surface area contributed by atoms with Crippen molar-refractivity contribution >= 4 is 11.5 Å². The number of nitrogens with zero attached hydrogens (tertiary/aromatic N) is 6. The van der Waals surface area contributed by atoms with Gasteiger partial charge in [0.15, 0.2) is 11.5 Å². The molecule has 1 aliphatic rings. The summed E-state index contributed by atoms with van der Waals surface area (Å²) in [7, 11) is 0. The fourth-order valence-electron chi connectivity index (χ4n) is 5.16. The highest BCUT2D eigenvalue weighted by Gasteiger charge is 2.16. The molecule has 0 unspecified atom stereocenters. The van der Waals surface area contributed by atoms with Crippen LogP contribution in [0.4, 0.5) is 11.5 Å². The predicted octanol–water partition coefficient (Wildman–Crippen LogP) is 6.52. The fourth-order valence-corrected chi connectivity index (χ4v) is 5.16. The van der Waals surface area contributed by atoms with Gasteiger partial charge in [-0.05, 0) is 79.9 Å². The van der Waals surface area contributed by atoms with Crippen LogP contribution in [0.15, 0.2) is 97.3 Å². The second-order valence-corrected chi connectivity index (χ2v) is 10.2. The van der Waals surface area contributed by atoms with Gasteiger partial charge in [-0.1, -0.05) is 36.4 Å². The molecule has 0 aliphatic carbocycles. The average molecular weight is 556 g/mol. The Hall–Kier alpha value is -5.44. The molecule has 0 fully saturated rings. The van der Waals surface area contributed by atoms with Gasteiger partial charge in [0.05, 0.1) is 5.69 Å². The highest BCUT2D eigenvalue weighted by Crippen LogP contribution is 2.34. The van der Waals surface area contributed by atoms with Gasteiger partial charge in [0.2, 0.25) is 6.79 Å². The van der Waals surface area contributed by atoms with Gasteiger partial charge in [0.1, 0.15) is 23.2 Å².